The Labute approximate surface area is 181 Å². The van der Waals surface area contributed by atoms with Crippen molar-refractivity contribution in [2.75, 3.05) is 20.7 Å². The molecule has 2 aromatic heterocycles. The molecule has 0 aliphatic carbocycles. The average molecular weight is 509 g/mol. The fraction of sp³-hybridized carbons (Fsp3) is 0.588. The number of halogens is 1. The highest BCUT2D eigenvalue weighted by molar-refractivity contribution is 14.0. The maximum Gasteiger partial charge on any atom is 0.194 e. The SMILES string of the molecule is CCNC(=NCc1csc(CC)n1)N(C)Cc1csc(C(C)OC)n1.I. The first-order valence-corrected chi connectivity index (χ1v) is 10.2. The minimum Gasteiger partial charge on any atom is -0.375 e. The van der Waals surface area contributed by atoms with Crippen molar-refractivity contribution < 1.29 is 4.74 Å². The molecule has 9 heteroatoms. The summed E-state index contributed by atoms with van der Waals surface area (Å²) in [6.45, 7) is 8.32. The number of guanidine groups is 1. The molecule has 0 saturated carbocycles. The third-order valence-corrected chi connectivity index (χ3v) is 5.76. The Morgan fingerprint density at radius 1 is 1.27 bits per heavy atom. The Morgan fingerprint density at radius 2 is 2.00 bits per heavy atom. The van der Waals surface area contributed by atoms with Crippen LogP contribution in [-0.4, -0.2) is 41.5 Å². The number of rotatable bonds is 8. The molecule has 146 valence electrons. The maximum absolute atomic E-state index is 5.33. The summed E-state index contributed by atoms with van der Waals surface area (Å²) in [5, 5.41) is 9.67. The van der Waals surface area contributed by atoms with Crippen LogP contribution in [0, 0.1) is 0 Å². The lowest BCUT2D eigenvalue weighted by atomic mass is 10.4. The van der Waals surface area contributed by atoms with Crippen LogP contribution >= 0.6 is 46.7 Å². The van der Waals surface area contributed by atoms with Gasteiger partial charge in [0.25, 0.3) is 0 Å². The van der Waals surface area contributed by atoms with Gasteiger partial charge in [-0.2, -0.15) is 0 Å². The van der Waals surface area contributed by atoms with Gasteiger partial charge >= 0.3 is 0 Å². The van der Waals surface area contributed by atoms with Crippen LogP contribution in [0.4, 0.5) is 0 Å². The number of nitrogens with one attached hydrogen (secondary N) is 1. The van der Waals surface area contributed by atoms with E-state index in [0.717, 1.165) is 40.3 Å². The van der Waals surface area contributed by atoms with Crippen molar-refractivity contribution >= 4 is 52.6 Å². The zero-order chi connectivity index (χ0) is 18.2. The quantitative estimate of drug-likeness (QED) is 0.330. The van der Waals surface area contributed by atoms with Gasteiger partial charge in [0.2, 0.25) is 0 Å². The fourth-order valence-electron chi connectivity index (χ4n) is 2.21. The van der Waals surface area contributed by atoms with Gasteiger partial charge in [-0.15, -0.1) is 46.7 Å². The van der Waals surface area contributed by atoms with Crippen molar-refractivity contribution in [3.8, 4) is 0 Å². The summed E-state index contributed by atoms with van der Waals surface area (Å²) in [5.74, 6) is 0.864. The number of aliphatic imine (C=N–C) groups is 1. The van der Waals surface area contributed by atoms with Crippen molar-refractivity contribution in [3.63, 3.8) is 0 Å². The first-order valence-electron chi connectivity index (χ1n) is 8.47. The van der Waals surface area contributed by atoms with Crippen molar-refractivity contribution in [2.45, 2.75) is 46.4 Å². The smallest absolute Gasteiger partial charge is 0.194 e. The molecule has 1 atom stereocenters. The van der Waals surface area contributed by atoms with Gasteiger partial charge in [0.15, 0.2) is 5.96 Å². The van der Waals surface area contributed by atoms with Gasteiger partial charge in [-0.25, -0.2) is 15.0 Å². The van der Waals surface area contributed by atoms with E-state index in [1.54, 1.807) is 29.8 Å². The summed E-state index contributed by atoms with van der Waals surface area (Å²) in [6, 6.07) is 0. The highest BCUT2D eigenvalue weighted by Gasteiger charge is 2.13. The number of aromatic nitrogens is 2. The van der Waals surface area contributed by atoms with E-state index in [1.807, 2.05) is 14.0 Å². The predicted molar refractivity (Wildman–Crippen MR) is 121 cm³/mol. The minimum absolute atomic E-state index is 0. The van der Waals surface area contributed by atoms with E-state index in [4.69, 9.17) is 9.73 Å². The van der Waals surface area contributed by atoms with Crippen molar-refractivity contribution in [1.29, 1.82) is 0 Å². The van der Waals surface area contributed by atoms with Crippen LogP contribution in [0.1, 0.15) is 48.3 Å². The van der Waals surface area contributed by atoms with E-state index in [2.05, 4.69) is 44.8 Å². The summed E-state index contributed by atoms with van der Waals surface area (Å²) >= 11 is 3.33. The van der Waals surface area contributed by atoms with Crippen molar-refractivity contribution in [2.24, 2.45) is 4.99 Å². The van der Waals surface area contributed by atoms with Crippen molar-refractivity contribution in [3.05, 3.63) is 32.2 Å². The zero-order valence-corrected chi connectivity index (χ0v) is 19.9. The topological polar surface area (TPSA) is 62.6 Å². The number of ether oxygens (including phenoxy) is 1. The third-order valence-electron chi connectivity index (χ3n) is 3.66. The standard InChI is InChI=1S/C17H27N5OS2.HI/c1-6-15-20-13(10-24-15)8-19-17(18-7-2)22(4)9-14-11-25-16(21-14)12(3)23-5;/h10-12H,6-9H2,1-5H3,(H,18,19);1H. The van der Waals surface area contributed by atoms with Gasteiger partial charge in [-0.3, -0.25) is 0 Å². The number of hydrogen-bond donors (Lipinski definition) is 1. The third kappa shape index (κ3) is 6.75. The van der Waals surface area contributed by atoms with Crippen LogP contribution in [0.5, 0.6) is 0 Å². The molecule has 2 rings (SSSR count). The molecule has 1 N–H and O–H groups in total. The number of thiazole rings is 2. The van der Waals surface area contributed by atoms with Crippen LogP contribution in [0.25, 0.3) is 0 Å². The van der Waals surface area contributed by atoms with Crippen LogP contribution < -0.4 is 5.32 Å². The molecule has 26 heavy (non-hydrogen) atoms. The molecule has 0 amide bonds. The Balaban J connectivity index is 0.00000338. The van der Waals surface area contributed by atoms with E-state index in [1.165, 1.54) is 0 Å². The fourth-order valence-corrected chi connectivity index (χ4v) is 3.79. The molecule has 2 aromatic rings. The first kappa shape index (κ1) is 23.3. The molecule has 0 aliphatic heterocycles. The van der Waals surface area contributed by atoms with Gasteiger partial charge in [0, 0.05) is 31.5 Å². The monoisotopic (exact) mass is 509 g/mol. The molecule has 0 bridgehead atoms. The Kier molecular flexibility index (Phi) is 10.6. The van der Waals surface area contributed by atoms with Crippen LogP contribution in [0.2, 0.25) is 0 Å². The second kappa shape index (κ2) is 11.8. The average Bonchev–Trinajstić information content (AvgIpc) is 3.27. The van der Waals surface area contributed by atoms with E-state index in [0.29, 0.717) is 13.1 Å². The highest BCUT2D eigenvalue weighted by Crippen LogP contribution is 2.21. The Hall–Kier alpha value is -0.780. The molecular weight excluding hydrogens is 481 g/mol. The molecule has 0 spiro atoms. The minimum atomic E-state index is 0. The van der Waals surface area contributed by atoms with E-state index < -0.39 is 0 Å². The van der Waals surface area contributed by atoms with Gasteiger partial charge in [0.05, 0.1) is 29.5 Å². The van der Waals surface area contributed by atoms with E-state index >= 15 is 0 Å². The lowest BCUT2D eigenvalue weighted by Crippen LogP contribution is -2.38. The molecule has 0 saturated heterocycles. The molecule has 0 aliphatic rings. The molecule has 2 heterocycles. The van der Waals surface area contributed by atoms with Crippen LogP contribution in [0.3, 0.4) is 0 Å². The lowest BCUT2D eigenvalue weighted by molar-refractivity contribution is 0.119. The van der Waals surface area contributed by atoms with E-state index in [9.17, 15) is 0 Å². The number of aryl methyl sites for hydroxylation is 1. The number of methoxy groups -OCH3 is 1. The zero-order valence-electron chi connectivity index (χ0n) is 16.0. The summed E-state index contributed by atoms with van der Waals surface area (Å²) in [4.78, 5) is 16.0. The van der Waals surface area contributed by atoms with Gasteiger partial charge in [0.1, 0.15) is 11.1 Å². The van der Waals surface area contributed by atoms with Crippen LogP contribution in [0.15, 0.2) is 15.8 Å². The summed E-state index contributed by atoms with van der Waals surface area (Å²) < 4.78 is 5.33. The predicted octanol–water partition coefficient (Wildman–Crippen LogP) is 4.08. The molecule has 0 fully saturated rings. The van der Waals surface area contributed by atoms with Gasteiger partial charge < -0.3 is 15.0 Å². The summed E-state index contributed by atoms with van der Waals surface area (Å²) in [5.41, 5.74) is 2.05. The highest BCUT2D eigenvalue weighted by atomic mass is 127. The summed E-state index contributed by atoms with van der Waals surface area (Å²) in [6.07, 6.45) is 1.00. The van der Waals surface area contributed by atoms with Crippen LogP contribution in [-0.2, 0) is 24.2 Å². The maximum atomic E-state index is 5.33. The van der Waals surface area contributed by atoms with Crippen molar-refractivity contribution in [1.82, 2.24) is 20.2 Å². The molecular formula is C17H28IN5OS2. The Bertz CT molecular complexity index is 688. The van der Waals surface area contributed by atoms with Gasteiger partial charge in [-0.1, -0.05) is 6.92 Å². The normalized spacial score (nSPS) is 12.6. The number of nitrogens with zero attached hydrogens (tertiary/aromatic N) is 4. The van der Waals surface area contributed by atoms with Gasteiger partial charge in [-0.05, 0) is 20.3 Å². The summed E-state index contributed by atoms with van der Waals surface area (Å²) in [7, 11) is 3.73. The largest absolute Gasteiger partial charge is 0.375 e. The Morgan fingerprint density at radius 3 is 2.62 bits per heavy atom. The molecule has 0 aromatic carbocycles. The first-order chi connectivity index (χ1) is 12.1. The second-order valence-electron chi connectivity index (χ2n) is 5.67. The van der Waals surface area contributed by atoms with E-state index in [-0.39, 0.29) is 30.1 Å². The molecule has 6 nitrogen and oxygen atoms in total. The molecule has 0 radical (unpaired) electrons. The lowest BCUT2D eigenvalue weighted by Gasteiger charge is -2.21. The number of hydrogen-bond acceptors (Lipinski definition) is 6. The molecule has 1 unspecified atom stereocenters. The second-order valence-corrected chi connectivity index (χ2v) is 7.50.